The quantitative estimate of drug-likeness (QED) is 0.370. The van der Waals surface area contributed by atoms with Gasteiger partial charge in [-0.15, -0.1) is 5.10 Å². The number of aldehydes is 1. The van der Waals surface area contributed by atoms with Crippen molar-refractivity contribution in [2.75, 3.05) is 49.7 Å². The molecule has 0 radical (unpaired) electrons. The van der Waals surface area contributed by atoms with E-state index in [2.05, 4.69) is 35.8 Å². The fraction of sp³-hybridized carbons (Fsp3) is 0.286. The molecular weight excluding hydrogens is 457 g/mol. The summed E-state index contributed by atoms with van der Waals surface area (Å²) in [6, 6.07) is 18.5. The third-order valence-electron chi connectivity index (χ3n) is 6.16. The van der Waals surface area contributed by atoms with E-state index in [4.69, 9.17) is 0 Å². The lowest BCUT2D eigenvalue weighted by Gasteiger charge is -2.36. The molecule has 2 aromatic heterocycles. The van der Waals surface area contributed by atoms with E-state index in [1.807, 2.05) is 37.3 Å². The van der Waals surface area contributed by atoms with Gasteiger partial charge in [-0.05, 0) is 30.7 Å². The lowest BCUT2D eigenvalue weighted by molar-refractivity contribution is 0.112. The molecule has 186 valence electrons. The summed E-state index contributed by atoms with van der Waals surface area (Å²) >= 11 is 0. The first kappa shape index (κ1) is 25.2. The molecule has 1 aliphatic rings. The molecule has 0 saturated carbocycles. The number of hydrogen-bond donors (Lipinski definition) is 0. The molecule has 1 aliphatic heterocycles. The first-order valence-corrected chi connectivity index (χ1v) is 12.0. The molecule has 0 N–H and O–H groups in total. The van der Waals surface area contributed by atoms with Gasteiger partial charge in [0.05, 0.1) is 5.69 Å². The molecule has 0 aliphatic carbocycles. The van der Waals surface area contributed by atoms with E-state index in [0.717, 1.165) is 67.2 Å². The Morgan fingerprint density at radius 2 is 1.58 bits per heavy atom. The molecular formula is C28H30FN5O2. The number of fused-ring (bicyclic) bond motifs is 1. The van der Waals surface area contributed by atoms with Crippen molar-refractivity contribution in [2.24, 2.45) is 0 Å². The molecule has 36 heavy (non-hydrogen) atoms. The Morgan fingerprint density at radius 3 is 2.22 bits per heavy atom. The zero-order valence-electron chi connectivity index (χ0n) is 20.6. The fourth-order valence-electron chi connectivity index (χ4n) is 4.13. The van der Waals surface area contributed by atoms with Crippen LogP contribution in [0, 0.1) is 5.82 Å². The molecule has 0 unspecified atom stereocenters. The van der Waals surface area contributed by atoms with E-state index in [1.54, 1.807) is 31.5 Å². The summed E-state index contributed by atoms with van der Waals surface area (Å²) in [4.78, 5) is 19.7. The van der Waals surface area contributed by atoms with Gasteiger partial charge in [-0.3, -0.25) is 4.79 Å². The predicted octanol–water partition coefficient (Wildman–Crippen LogP) is 4.55. The molecule has 2 aromatic carbocycles. The number of ether oxygens (including phenoxy) is 1. The van der Waals surface area contributed by atoms with Gasteiger partial charge in [0.1, 0.15) is 11.6 Å². The number of methoxy groups -OCH3 is 1. The van der Waals surface area contributed by atoms with Crippen molar-refractivity contribution in [3.8, 4) is 0 Å². The Kier molecular flexibility index (Phi) is 8.52. The third-order valence-corrected chi connectivity index (χ3v) is 6.16. The molecule has 7 nitrogen and oxygen atoms in total. The molecule has 0 spiro atoms. The SMILES string of the molecule is CCOC.O=Cc1ccc(N2CCN(c3nnc(Cc4ccccc4F)c4ccccc34)CC2)nc1. The average Bonchev–Trinajstić information content (AvgIpc) is 2.95. The number of hydrogen-bond acceptors (Lipinski definition) is 7. The standard InChI is InChI=1S/C25H22FN5O.C3H8O/c26-22-8-4-1-5-19(22)15-23-20-6-2-3-7-21(20)25(29-28-23)31-13-11-30(12-14-31)24-10-9-18(17-32)16-27-24;1-3-4-2/h1-10,16-17H,11-15H2;3H2,1-2H3. The number of halogens is 1. The van der Waals surface area contributed by atoms with Gasteiger partial charge in [0, 0.05) is 68.8 Å². The van der Waals surface area contributed by atoms with Crippen LogP contribution >= 0.6 is 0 Å². The molecule has 0 bridgehead atoms. The van der Waals surface area contributed by atoms with E-state index in [-0.39, 0.29) is 5.82 Å². The van der Waals surface area contributed by atoms with Gasteiger partial charge in [0.25, 0.3) is 0 Å². The largest absolute Gasteiger partial charge is 0.385 e. The number of anilines is 2. The van der Waals surface area contributed by atoms with Gasteiger partial charge in [0.2, 0.25) is 0 Å². The number of rotatable bonds is 6. The van der Waals surface area contributed by atoms with Crippen molar-refractivity contribution in [1.29, 1.82) is 0 Å². The Hall–Kier alpha value is -3.91. The molecule has 8 heteroatoms. The average molecular weight is 488 g/mol. The Balaban J connectivity index is 0.000000709. The third kappa shape index (κ3) is 5.83. The van der Waals surface area contributed by atoms with Gasteiger partial charge in [0.15, 0.2) is 12.1 Å². The van der Waals surface area contributed by atoms with Crippen LogP contribution in [0.4, 0.5) is 16.0 Å². The van der Waals surface area contributed by atoms with Crippen LogP contribution in [0.5, 0.6) is 0 Å². The van der Waals surface area contributed by atoms with Crippen molar-refractivity contribution in [1.82, 2.24) is 15.2 Å². The van der Waals surface area contributed by atoms with Crippen LogP contribution in [0.25, 0.3) is 10.8 Å². The second kappa shape index (κ2) is 12.2. The van der Waals surface area contributed by atoms with E-state index < -0.39 is 0 Å². The summed E-state index contributed by atoms with van der Waals surface area (Å²) in [5.41, 5.74) is 1.96. The summed E-state index contributed by atoms with van der Waals surface area (Å²) in [5, 5.41) is 11.1. The maximum atomic E-state index is 14.2. The van der Waals surface area contributed by atoms with Gasteiger partial charge < -0.3 is 14.5 Å². The first-order valence-electron chi connectivity index (χ1n) is 12.0. The van der Waals surface area contributed by atoms with Crippen LogP contribution in [-0.2, 0) is 11.2 Å². The number of carbonyl (C=O) groups is 1. The van der Waals surface area contributed by atoms with Crippen molar-refractivity contribution in [3.63, 3.8) is 0 Å². The Labute approximate surface area is 210 Å². The topological polar surface area (TPSA) is 71.5 Å². The zero-order chi connectivity index (χ0) is 25.3. The van der Waals surface area contributed by atoms with Crippen LogP contribution in [0.3, 0.4) is 0 Å². The highest BCUT2D eigenvalue weighted by Crippen LogP contribution is 2.28. The number of aromatic nitrogens is 3. The molecule has 0 atom stereocenters. The lowest BCUT2D eigenvalue weighted by Crippen LogP contribution is -2.47. The Bertz CT molecular complexity index is 1290. The number of carbonyl (C=O) groups excluding carboxylic acids is 1. The first-order chi connectivity index (χ1) is 17.6. The minimum Gasteiger partial charge on any atom is -0.385 e. The van der Waals surface area contributed by atoms with Gasteiger partial charge in [-0.1, -0.05) is 42.5 Å². The second-order valence-electron chi connectivity index (χ2n) is 8.40. The van der Waals surface area contributed by atoms with Crippen molar-refractivity contribution < 1.29 is 13.9 Å². The molecule has 0 amide bonds. The highest BCUT2D eigenvalue weighted by Gasteiger charge is 2.22. The van der Waals surface area contributed by atoms with Gasteiger partial charge in [-0.25, -0.2) is 9.37 Å². The van der Waals surface area contributed by atoms with Crippen LogP contribution in [-0.4, -0.2) is 61.4 Å². The highest BCUT2D eigenvalue weighted by molar-refractivity contribution is 5.93. The second-order valence-corrected chi connectivity index (χ2v) is 8.40. The number of benzene rings is 2. The van der Waals surface area contributed by atoms with Gasteiger partial charge >= 0.3 is 0 Å². The van der Waals surface area contributed by atoms with Crippen LogP contribution in [0.2, 0.25) is 0 Å². The van der Waals surface area contributed by atoms with Crippen LogP contribution in [0.1, 0.15) is 28.5 Å². The van der Waals surface area contributed by atoms with E-state index in [0.29, 0.717) is 17.5 Å². The minimum atomic E-state index is -0.228. The number of pyridine rings is 1. The normalized spacial score (nSPS) is 13.3. The molecule has 1 fully saturated rings. The van der Waals surface area contributed by atoms with E-state index >= 15 is 0 Å². The summed E-state index contributed by atoms with van der Waals surface area (Å²) in [6.45, 7) is 5.92. The van der Waals surface area contributed by atoms with Gasteiger partial charge in [-0.2, -0.15) is 5.10 Å². The minimum absolute atomic E-state index is 0.228. The van der Waals surface area contributed by atoms with Crippen LogP contribution in [0.15, 0.2) is 66.9 Å². The highest BCUT2D eigenvalue weighted by atomic mass is 19.1. The van der Waals surface area contributed by atoms with E-state index in [1.165, 1.54) is 6.07 Å². The lowest BCUT2D eigenvalue weighted by atomic mass is 10.0. The van der Waals surface area contributed by atoms with E-state index in [9.17, 15) is 9.18 Å². The zero-order valence-corrected chi connectivity index (χ0v) is 20.6. The smallest absolute Gasteiger partial charge is 0.159 e. The monoisotopic (exact) mass is 487 g/mol. The number of nitrogens with zero attached hydrogens (tertiary/aromatic N) is 5. The maximum Gasteiger partial charge on any atom is 0.159 e. The summed E-state index contributed by atoms with van der Waals surface area (Å²) < 4.78 is 18.7. The molecule has 1 saturated heterocycles. The van der Waals surface area contributed by atoms with Crippen LogP contribution < -0.4 is 9.80 Å². The summed E-state index contributed by atoms with van der Waals surface area (Å²) in [5.74, 6) is 1.49. The van der Waals surface area contributed by atoms with Crippen molar-refractivity contribution >= 4 is 28.7 Å². The molecule has 3 heterocycles. The number of piperazine rings is 1. The van der Waals surface area contributed by atoms with Crippen molar-refractivity contribution in [2.45, 2.75) is 13.3 Å². The Morgan fingerprint density at radius 1 is 0.917 bits per heavy atom. The molecule has 4 aromatic rings. The van der Waals surface area contributed by atoms with Crippen molar-refractivity contribution in [3.05, 3.63) is 89.5 Å². The fourth-order valence-corrected chi connectivity index (χ4v) is 4.13. The summed E-state index contributed by atoms with van der Waals surface area (Å²) in [6.07, 6.45) is 2.80. The summed E-state index contributed by atoms with van der Waals surface area (Å²) in [7, 11) is 1.68. The predicted molar refractivity (Wildman–Crippen MR) is 140 cm³/mol. The molecule has 5 rings (SSSR count). The maximum absolute atomic E-state index is 14.2.